The Kier molecular flexibility index (Phi) is 4.57. The average molecular weight is 377 g/mol. The van der Waals surface area contributed by atoms with Gasteiger partial charge in [0.05, 0.1) is 12.8 Å². The van der Waals surface area contributed by atoms with Crippen molar-refractivity contribution in [3.8, 4) is 11.1 Å². The third kappa shape index (κ3) is 2.94. The first-order valence-electron chi connectivity index (χ1n) is 8.04. The first-order chi connectivity index (χ1) is 11.0. The van der Waals surface area contributed by atoms with Gasteiger partial charge in [-0.2, -0.15) is 5.10 Å². The standard InChI is InChI=1S/C18H21BrN2O2/c1-4-23-18(22)17(11(2)3)21-16-8-5-12-9-13(19)6-7-14(12)15(16)10-20-21/h6-7,9-11,17H,4-5,8H2,1-3H3. The van der Waals surface area contributed by atoms with Crippen molar-refractivity contribution in [3.63, 3.8) is 0 Å². The van der Waals surface area contributed by atoms with Gasteiger partial charge in [-0.3, -0.25) is 4.68 Å². The summed E-state index contributed by atoms with van der Waals surface area (Å²) < 4.78 is 8.23. The van der Waals surface area contributed by atoms with E-state index in [9.17, 15) is 4.79 Å². The lowest BCUT2D eigenvalue weighted by Crippen LogP contribution is -2.29. The summed E-state index contributed by atoms with van der Waals surface area (Å²) in [4.78, 5) is 12.4. The minimum Gasteiger partial charge on any atom is -0.464 e. The number of fused-ring (bicyclic) bond motifs is 3. The molecule has 0 saturated carbocycles. The Balaban J connectivity index is 2.04. The molecule has 0 aliphatic heterocycles. The molecule has 0 amide bonds. The number of hydrogen-bond donors (Lipinski definition) is 0. The largest absolute Gasteiger partial charge is 0.464 e. The highest BCUT2D eigenvalue weighted by atomic mass is 79.9. The highest BCUT2D eigenvalue weighted by Crippen LogP contribution is 2.36. The number of aromatic nitrogens is 2. The number of nitrogens with zero attached hydrogens (tertiary/aromatic N) is 2. The molecule has 1 unspecified atom stereocenters. The van der Waals surface area contributed by atoms with Gasteiger partial charge in [-0.25, -0.2) is 4.79 Å². The number of aryl methyl sites for hydroxylation is 1. The Labute approximate surface area is 145 Å². The summed E-state index contributed by atoms with van der Waals surface area (Å²) in [5.41, 5.74) is 4.80. The summed E-state index contributed by atoms with van der Waals surface area (Å²) in [6, 6.07) is 5.98. The molecule has 1 aliphatic carbocycles. The summed E-state index contributed by atoms with van der Waals surface area (Å²) in [6.45, 7) is 6.29. The topological polar surface area (TPSA) is 44.1 Å². The number of ether oxygens (including phenoxy) is 1. The quantitative estimate of drug-likeness (QED) is 0.752. The van der Waals surface area contributed by atoms with E-state index in [0.717, 1.165) is 28.6 Å². The van der Waals surface area contributed by atoms with E-state index in [-0.39, 0.29) is 17.9 Å². The lowest BCUT2D eigenvalue weighted by molar-refractivity contribution is -0.149. The smallest absolute Gasteiger partial charge is 0.331 e. The van der Waals surface area contributed by atoms with Crippen LogP contribution in [0.5, 0.6) is 0 Å². The molecule has 1 aromatic carbocycles. The van der Waals surface area contributed by atoms with Gasteiger partial charge in [0.15, 0.2) is 6.04 Å². The number of rotatable bonds is 4. The summed E-state index contributed by atoms with van der Waals surface area (Å²) in [7, 11) is 0. The lowest BCUT2D eigenvalue weighted by atomic mass is 9.89. The molecule has 0 N–H and O–H groups in total. The van der Waals surface area contributed by atoms with E-state index in [1.807, 2.05) is 31.6 Å². The zero-order valence-corrected chi connectivity index (χ0v) is 15.3. The third-order valence-electron chi connectivity index (χ3n) is 4.31. The number of carbonyl (C=O) groups excluding carboxylic acids is 1. The number of hydrogen-bond acceptors (Lipinski definition) is 3. The maximum atomic E-state index is 12.4. The van der Waals surface area contributed by atoms with Gasteiger partial charge < -0.3 is 4.74 Å². The maximum absolute atomic E-state index is 12.4. The van der Waals surface area contributed by atoms with Crippen LogP contribution in [-0.4, -0.2) is 22.4 Å². The first kappa shape index (κ1) is 16.2. The van der Waals surface area contributed by atoms with Gasteiger partial charge in [0.25, 0.3) is 0 Å². The van der Waals surface area contributed by atoms with Crippen LogP contribution in [0.2, 0.25) is 0 Å². The monoisotopic (exact) mass is 376 g/mol. The normalized spacial score (nSPS) is 14.3. The van der Waals surface area contributed by atoms with E-state index in [4.69, 9.17) is 4.74 Å². The molecule has 23 heavy (non-hydrogen) atoms. The van der Waals surface area contributed by atoms with Crippen LogP contribution < -0.4 is 0 Å². The molecule has 0 saturated heterocycles. The van der Waals surface area contributed by atoms with Gasteiger partial charge in [0.2, 0.25) is 0 Å². The Morgan fingerprint density at radius 2 is 2.13 bits per heavy atom. The van der Waals surface area contributed by atoms with Crippen LogP contribution >= 0.6 is 15.9 Å². The van der Waals surface area contributed by atoms with Crippen molar-refractivity contribution in [1.82, 2.24) is 9.78 Å². The lowest BCUT2D eigenvalue weighted by Gasteiger charge is -2.24. The van der Waals surface area contributed by atoms with Crippen LogP contribution in [0.25, 0.3) is 11.1 Å². The molecule has 4 nitrogen and oxygen atoms in total. The second-order valence-corrected chi connectivity index (χ2v) is 7.11. The van der Waals surface area contributed by atoms with Crippen molar-refractivity contribution < 1.29 is 9.53 Å². The van der Waals surface area contributed by atoms with E-state index in [1.54, 1.807) is 0 Å². The molecule has 0 bridgehead atoms. The second-order valence-electron chi connectivity index (χ2n) is 6.19. The van der Waals surface area contributed by atoms with Crippen molar-refractivity contribution in [3.05, 3.63) is 40.1 Å². The Morgan fingerprint density at radius 1 is 1.35 bits per heavy atom. The van der Waals surface area contributed by atoms with Crippen molar-refractivity contribution in [2.75, 3.05) is 6.61 Å². The van der Waals surface area contributed by atoms with Crippen molar-refractivity contribution >= 4 is 21.9 Å². The van der Waals surface area contributed by atoms with E-state index < -0.39 is 0 Å². The van der Waals surface area contributed by atoms with E-state index >= 15 is 0 Å². The zero-order chi connectivity index (χ0) is 16.6. The van der Waals surface area contributed by atoms with Crippen molar-refractivity contribution in [1.29, 1.82) is 0 Å². The van der Waals surface area contributed by atoms with Crippen molar-refractivity contribution in [2.24, 2.45) is 5.92 Å². The van der Waals surface area contributed by atoms with E-state index in [2.05, 4.69) is 39.2 Å². The second kappa shape index (κ2) is 6.48. The van der Waals surface area contributed by atoms with Gasteiger partial charge in [-0.1, -0.05) is 35.8 Å². The molecular formula is C18H21BrN2O2. The zero-order valence-electron chi connectivity index (χ0n) is 13.7. The summed E-state index contributed by atoms with van der Waals surface area (Å²) in [5, 5.41) is 4.55. The van der Waals surface area contributed by atoms with Gasteiger partial charge in [0.1, 0.15) is 0 Å². The molecule has 0 radical (unpaired) electrons. The summed E-state index contributed by atoms with van der Waals surface area (Å²) in [5.74, 6) is -0.0700. The summed E-state index contributed by atoms with van der Waals surface area (Å²) in [6.07, 6.45) is 3.73. The van der Waals surface area contributed by atoms with Crippen molar-refractivity contribution in [2.45, 2.75) is 39.7 Å². The van der Waals surface area contributed by atoms with Crippen LogP contribution in [0.4, 0.5) is 0 Å². The number of esters is 1. The SMILES string of the molecule is CCOC(=O)C(C(C)C)n1ncc2c1CCc1cc(Br)ccc1-2. The molecule has 1 heterocycles. The maximum Gasteiger partial charge on any atom is 0.331 e. The molecule has 0 spiro atoms. The molecule has 122 valence electrons. The number of halogens is 1. The molecular weight excluding hydrogens is 356 g/mol. The fourth-order valence-corrected chi connectivity index (χ4v) is 3.68. The predicted octanol–water partition coefficient (Wildman–Crippen LogP) is 4.17. The fourth-order valence-electron chi connectivity index (χ4n) is 3.27. The molecule has 1 atom stereocenters. The molecule has 3 rings (SSSR count). The van der Waals surface area contributed by atoms with Gasteiger partial charge in [0, 0.05) is 15.7 Å². The highest BCUT2D eigenvalue weighted by Gasteiger charge is 2.31. The van der Waals surface area contributed by atoms with Gasteiger partial charge in [-0.05, 0) is 48.9 Å². The first-order valence-corrected chi connectivity index (χ1v) is 8.84. The highest BCUT2D eigenvalue weighted by molar-refractivity contribution is 9.10. The molecule has 2 aromatic rings. The average Bonchev–Trinajstić information content (AvgIpc) is 2.91. The molecule has 1 aromatic heterocycles. The van der Waals surface area contributed by atoms with Crippen LogP contribution in [0.15, 0.2) is 28.9 Å². The number of benzene rings is 1. The van der Waals surface area contributed by atoms with Crippen LogP contribution in [0.3, 0.4) is 0 Å². The van der Waals surface area contributed by atoms with Gasteiger partial charge in [-0.15, -0.1) is 0 Å². The van der Waals surface area contributed by atoms with Crippen LogP contribution in [0, 0.1) is 5.92 Å². The van der Waals surface area contributed by atoms with E-state index in [1.165, 1.54) is 11.1 Å². The molecule has 5 heteroatoms. The Morgan fingerprint density at radius 3 is 2.83 bits per heavy atom. The molecule has 0 fully saturated rings. The fraction of sp³-hybridized carbons (Fsp3) is 0.444. The Hall–Kier alpha value is -1.62. The minimum absolute atomic E-state index is 0.129. The number of carbonyl (C=O) groups is 1. The molecule has 1 aliphatic rings. The third-order valence-corrected chi connectivity index (χ3v) is 4.80. The minimum atomic E-state index is -0.365. The van der Waals surface area contributed by atoms with Gasteiger partial charge >= 0.3 is 5.97 Å². The van der Waals surface area contributed by atoms with Crippen LogP contribution in [0.1, 0.15) is 38.1 Å². The Bertz CT molecular complexity index is 737. The van der Waals surface area contributed by atoms with E-state index in [0.29, 0.717) is 6.61 Å². The summed E-state index contributed by atoms with van der Waals surface area (Å²) >= 11 is 3.53. The van der Waals surface area contributed by atoms with Crippen LogP contribution in [-0.2, 0) is 22.4 Å². The predicted molar refractivity (Wildman–Crippen MR) is 93.3 cm³/mol.